The van der Waals surface area contributed by atoms with Gasteiger partial charge in [0.2, 0.25) is 0 Å². The molecule has 2 rings (SSSR count). The topological polar surface area (TPSA) is 44.5 Å². The van der Waals surface area contributed by atoms with E-state index in [4.69, 9.17) is 0 Å². The summed E-state index contributed by atoms with van der Waals surface area (Å²) in [4.78, 5) is 8.56. The van der Waals surface area contributed by atoms with Crippen LogP contribution in [-0.2, 0) is 6.18 Å². The predicted octanol–water partition coefficient (Wildman–Crippen LogP) is 2.42. The summed E-state index contributed by atoms with van der Waals surface area (Å²) >= 11 is 0. The number of rotatable bonds is 1. The summed E-state index contributed by atoms with van der Waals surface area (Å²) in [6, 6.07) is 3.32. The van der Waals surface area contributed by atoms with Crippen LogP contribution in [0.4, 0.5) is 13.2 Å². The summed E-state index contributed by atoms with van der Waals surface area (Å²) in [5, 5.41) is 0. The average molecular weight is 201 g/mol. The summed E-state index contributed by atoms with van der Waals surface area (Å²) < 4.78 is 36.5. The number of nitrogens with one attached hydrogen (secondary N) is 2. The van der Waals surface area contributed by atoms with Crippen LogP contribution in [-0.4, -0.2) is 15.0 Å². The zero-order valence-corrected chi connectivity index (χ0v) is 6.89. The van der Waals surface area contributed by atoms with E-state index >= 15 is 0 Å². The van der Waals surface area contributed by atoms with Crippen LogP contribution in [0.15, 0.2) is 24.5 Å². The molecule has 2 N–H and O–H groups in total. The van der Waals surface area contributed by atoms with E-state index in [0.29, 0.717) is 5.69 Å². The highest BCUT2D eigenvalue weighted by Crippen LogP contribution is 2.28. The third-order valence-corrected chi connectivity index (χ3v) is 1.73. The zero-order valence-electron chi connectivity index (χ0n) is 6.89. The zero-order chi connectivity index (χ0) is 10.2. The Morgan fingerprint density at radius 2 is 2.07 bits per heavy atom. The quantitative estimate of drug-likeness (QED) is 0.731. The van der Waals surface area contributed by atoms with Crippen LogP contribution in [0.25, 0.3) is 11.5 Å². The molecule has 0 saturated heterocycles. The lowest BCUT2D eigenvalue weighted by Crippen LogP contribution is -2.04. The van der Waals surface area contributed by atoms with Crippen LogP contribution < -0.4 is 0 Å². The first-order valence-electron chi connectivity index (χ1n) is 3.83. The molecule has 0 amide bonds. The molecule has 0 radical (unpaired) electrons. The smallest absolute Gasteiger partial charge is 0.359 e. The minimum Gasteiger partial charge on any atom is -0.359 e. The number of nitrogens with zero attached hydrogens (tertiary/aromatic N) is 1. The molecule has 0 aliphatic carbocycles. The normalized spacial score (nSPS) is 11.9. The molecule has 2 aromatic rings. The van der Waals surface area contributed by atoms with Gasteiger partial charge in [0.1, 0.15) is 5.69 Å². The molecule has 0 atom stereocenters. The van der Waals surface area contributed by atoms with Gasteiger partial charge in [-0.1, -0.05) is 0 Å². The van der Waals surface area contributed by atoms with Gasteiger partial charge in [0.15, 0.2) is 5.82 Å². The second-order valence-corrected chi connectivity index (χ2v) is 2.73. The number of alkyl halides is 3. The van der Waals surface area contributed by atoms with Gasteiger partial charge in [0.25, 0.3) is 0 Å². The number of hydrogen-bond acceptors (Lipinski definition) is 1. The van der Waals surface area contributed by atoms with E-state index in [9.17, 15) is 13.2 Å². The van der Waals surface area contributed by atoms with Crippen molar-refractivity contribution in [3.8, 4) is 11.5 Å². The molecule has 0 fully saturated rings. The Hall–Kier alpha value is -1.72. The van der Waals surface area contributed by atoms with E-state index in [1.807, 2.05) is 0 Å². The molecule has 6 heteroatoms. The van der Waals surface area contributed by atoms with Crippen LogP contribution in [0.2, 0.25) is 0 Å². The molecule has 2 aromatic heterocycles. The molecule has 0 bridgehead atoms. The number of aromatic nitrogens is 3. The van der Waals surface area contributed by atoms with Crippen LogP contribution in [0, 0.1) is 0 Å². The molecule has 14 heavy (non-hydrogen) atoms. The molecular formula is C8H6F3N3. The molecular weight excluding hydrogens is 195 g/mol. The van der Waals surface area contributed by atoms with E-state index < -0.39 is 11.9 Å². The van der Waals surface area contributed by atoms with Crippen LogP contribution in [0.1, 0.15) is 5.69 Å². The fourth-order valence-corrected chi connectivity index (χ4v) is 1.08. The average Bonchev–Trinajstić information content (AvgIpc) is 2.73. The highest BCUT2D eigenvalue weighted by Gasteiger charge is 2.33. The van der Waals surface area contributed by atoms with Gasteiger partial charge in [-0.3, -0.25) is 0 Å². The maximum absolute atomic E-state index is 12.2. The fourth-order valence-electron chi connectivity index (χ4n) is 1.08. The van der Waals surface area contributed by atoms with Crippen LogP contribution >= 0.6 is 0 Å². The minimum atomic E-state index is -4.38. The van der Waals surface area contributed by atoms with Crippen molar-refractivity contribution in [3.05, 3.63) is 30.2 Å². The Balaban J connectivity index is 2.36. The first kappa shape index (κ1) is 8.86. The number of H-pyrrole nitrogens is 2. The first-order valence-corrected chi connectivity index (χ1v) is 3.83. The maximum atomic E-state index is 12.2. The SMILES string of the molecule is FC(F)(F)c1cnc(-c2ccc[nH]2)[nH]1. The molecule has 2 heterocycles. The molecule has 0 saturated carbocycles. The maximum Gasteiger partial charge on any atom is 0.432 e. The Kier molecular flexibility index (Phi) is 1.83. The van der Waals surface area contributed by atoms with Crippen molar-refractivity contribution in [2.75, 3.05) is 0 Å². The summed E-state index contributed by atoms with van der Waals surface area (Å²) in [6.45, 7) is 0. The Morgan fingerprint density at radius 3 is 2.57 bits per heavy atom. The van der Waals surface area contributed by atoms with Gasteiger partial charge in [0.05, 0.1) is 11.9 Å². The van der Waals surface area contributed by atoms with Crippen LogP contribution in [0.5, 0.6) is 0 Å². The largest absolute Gasteiger partial charge is 0.432 e. The molecule has 0 spiro atoms. The molecule has 0 unspecified atom stereocenters. The lowest BCUT2D eigenvalue weighted by atomic mass is 10.4. The number of halogens is 3. The van der Waals surface area contributed by atoms with Crippen molar-refractivity contribution in [1.82, 2.24) is 15.0 Å². The van der Waals surface area contributed by atoms with Crippen molar-refractivity contribution in [2.45, 2.75) is 6.18 Å². The Labute approximate surface area is 77.0 Å². The van der Waals surface area contributed by atoms with E-state index in [2.05, 4.69) is 15.0 Å². The monoisotopic (exact) mass is 201 g/mol. The van der Waals surface area contributed by atoms with E-state index in [1.54, 1.807) is 18.3 Å². The molecule has 0 aromatic carbocycles. The highest BCUT2D eigenvalue weighted by molar-refractivity contribution is 5.49. The van der Waals surface area contributed by atoms with Gasteiger partial charge in [0, 0.05) is 6.20 Å². The molecule has 74 valence electrons. The molecule has 3 nitrogen and oxygen atoms in total. The highest BCUT2D eigenvalue weighted by atomic mass is 19.4. The minimum absolute atomic E-state index is 0.183. The third-order valence-electron chi connectivity index (χ3n) is 1.73. The van der Waals surface area contributed by atoms with E-state index in [1.165, 1.54) is 0 Å². The second-order valence-electron chi connectivity index (χ2n) is 2.73. The van der Waals surface area contributed by atoms with E-state index in [0.717, 1.165) is 6.20 Å². The third kappa shape index (κ3) is 1.50. The predicted molar refractivity (Wildman–Crippen MR) is 43.4 cm³/mol. The van der Waals surface area contributed by atoms with Gasteiger partial charge >= 0.3 is 6.18 Å². The number of imidazole rings is 1. The fraction of sp³-hybridized carbons (Fsp3) is 0.125. The van der Waals surface area contributed by atoms with Gasteiger partial charge in [-0.05, 0) is 12.1 Å². The number of aromatic amines is 2. The van der Waals surface area contributed by atoms with E-state index in [-0.39, 0.29) is 5.82 Å². The standard InChI is InChI=1S/C8H6F3N3/c9-8(10,11)6-4-13-7(14-6)5-2-1-3-12-5/h1-4,12H,(H,13,14). The summed E-state index contributed by atoms with van der Waals surface area (Å²) in [7, 11) is 0. The first-order chi connectivity index (χ1) is 6.57. The second kappa shape index (κ2) is 2.90. The summed E-state index contributed by atoms with van der Waals surface area (Å²) in [5.41, 5.74) is -0.317. The van der Waals surface area contributed by atoms with Crippen molar-refractivity contribution in [3.63, 3.8) is 0 Å². The Morgan fingerprint density at radius 1 is 1.29 bits per heavy atom. The molecule has 0 aliphatic heterocycles. The lowest BCUT2D eigenvalue weighted by Gasteiger charge is -2.00. The summed E-state index contributed by atoms with van der Waals surface area (Å²) in [5.74, 6) is 0.183. The van der Waals surface area contributed by atoms with Crippen molar-refractivity contribution in [2.24, 2.45) is 0 Å². The van der Waals surface area contributed by atoms with Gasteiger partial charge in [-0.15, -0.1) is 0 Å². The van der Waals surface area contributed by atoms with Crippen molar-refractivity contribution >= 4 is 0 Å². The lowest BCUT2D eigenvalue weighted by molar-refractivity contribution is -0.140. The molecule has 0 aliphatic rings. The number of hydrogen-bond donors (Lipinski definition) is 2. The Bertz CT molecular complexity index is 413. The van der Waals surface area contributed by atoms with Crippen LogP contribution in [0.3, 0.4) is 0 Å². The van der Waals surface area contributed by atoms with Gasteiger partial charge in [-0.2, -0.15) is 13.2 Å². The van der Waals surface area contributed by atoms with Gasteiger partial charge < -0.3 is 9.97 Å². The van der Waals surface area contributed by atoms with Crippen molar-refractivity contribution in [1.29, 1.82) is 0 Å². The van der Waals surface area contributed by atoms with Gasteiger partial charge in [-0.25, -0.2) is 4.98 Å². The summed E-state index contributed by atoms with van der Waals surface area (Å²) in [6.07, 6.45) is -1.99. The van der Waals surface area contributed by atoms with Crippen molar-refractivity contribution < 1.29 is 13.2 Å².